The molecule has 1 rings (SSSR count). The summed E-state index contributed by atoms with van der Waals surface area (Å²) in [6.07, 6.45) is -5.62. The highest BCUT2D eigenvalue weighted by atomic mass is 19.4. The van der Waals surface area contributed by atoms with Crippen molar-refractivity contribution in [1.29, 1.82) is 0 Å². The molecule has 0 radical (unpaired) electrons. The fourth-order valence-corrected chi connectivity index (χ4v) is 1.94. The summed E-state index contributed by atoms with van der Waals surface area (Å²) >= 11 is 0. The number of hydrogen-bond acceptors (Lipinski definition) is 7. The lowest BCUT2D eigenvalue weighted by Gasteiger charge is -2.20. The first-order valence-electron chi connectivity index (χ1n) is 7.19. The molecule has 0 N–H and O–H groups in total. The van der Waals surface area contributed by atoms with Crippen LogP contribution < -0.4 is 9.47 Å². The van der Waals surface area contributed by atoms with E-state index in [2.05, 4.69) is 14.5 Å². The molecule has 25 heavy (non-hydrogen) atoms. The Balaban J connectivity index is 3.90. The Labute approximate surface area is 142 Å². The maximum absolute atomic E-state index is 13.4. The summed E-state index contributed by atoms with van der Waals surface area (Å²) in [6, 6.07) is 0. The smallest absolute Gasteiger partial charge is 0.434 e. The van der Waals surface area contributed by atoms with Crippen molar-refractivity contribution < 1.29 is 41.7 Å². The van der Waals surface area contributed by atoms with E-state index in [1.165, 1.54) is 20.8 Å². The van der Waals surface area contributed by atoms with Crippen molar-refractivity contribution in [3.63, 3.8) is 0 Å². The molecule has 1 aromatic rings. The Hall–Kier alpha value is -2.52. The molecule has 0 saturated carbocycles. The van der Waals surface area contributed by atoms with Gasteiger partial charge in [0, 0.05) is 0 Å². The average molecular weight is 365 g/mol. The molecule has 1 aromatic heterocycles. The molecule has 0 saturated heterocycles. The first-order chi connectivity index (χ1) is 11.6. The van der Waals surface area contributed by atoms with Crippen molar-refractivity contribution in [2.24, 2.45) is 0 Å². The molecule has 0 aliphatic carbocycles. The Kier molecular flexibility index (Phi) is 6.60. The third kappa shape index (κ3) is 4.52. The van der Waals surface area contributed by atoms with Crippen molar-refractivity contribution in [2.45, 2.75) is 33.1 Å². The monoisotopic (exact) mass is 365 g/mol. The molecule has 0 amide bonds. The molecule has 0 fully saturated rings. The SMILES string of the molecule is CCOC(=O)c1c(C(F)(F)F)nc(OC(C)C)c(C(=O)OC)c1OC. The highest BCUT2D eigenvalue weighted by Crippen LogP contribution is 2.41. The molecule has 0 atom stereocenters. The van der Waals surface area contributed by atoms with Crippen LogP contribution in [0, 0.1) is 0 Å². The van der Waals surface area contributed by atoms with E-state index in [0.717, 1.165) is 14.2 Å². The van der Waals surface area contributed by atoms with Gasteiger partial charge < -0.3 is 18.9 Å². The zero-order valence-electron chi connectivity index (χ0n) is 14.3. The lowest BCUT2D eigenvalue weighted by molar-refractivity contribution is -0.142. The van der Waals surface area contributed by atoms with E-state index in [1.54, 1.807) is 0 Å². The number of rotatable bonds is 6. The molecule has 0 spiro atoms. The third-order valence-corrected chi connectivity index (χ3v) is 2.81. The maximum atomic E-state index is 13.4. The number of aromatic nitrogens is 1. The number of alkyl halides is 3. The van der Waals surface area contributed by atoms with E-state index < -0.39 is 52.7 Å². The summed E-state index contributed by atoms with van der Waals surface area (Å²) in [4.78, 5) is 27.4. The predicted octanol–water partition coefficient (Wildman–Crippen LogP) is 2.86. The number of hydrogen-bond donors (Lipinski definition) is 0. The first-order valence-corrected chi connectivity index (χ1v) is 7.19. The fraction of sp³-hybridized carbons (Fsp3) is 0.533. The van der Waals surface area contributed by atoms with E-state index in [4.69, 9.17) is 9.47 Å². The lowest BCUT2D eigenvalue weighted by atomic mass is 10.1. The third-order valence-electron chi connectivity index (χ3n) is 2.81. The van der Waals surface area contributed by atoms with Gasteiger partial charge in [-0.1, -0.05) is 0 Å². The van der Waals surface area contributed by atoms with Crippen LogP contribution in [0.15, 0.2) is 0 Å². The van der Waals surface area contributed by atoms with Crippen LogP contribution in [0.4, 0.5) is 13.2 Å². The highest BCUT2D eigenvalue weighted by molar-refractivity contribution is 6.02. The summed E-state index contributed by atoms with van der Waals surface area (Å²) in [6.45, 7) is 4.29. The molecular weight excluding hydrogens is 347 g/mol. The van der Waals surface area contributed by atoms with Gasteiger partial charge in [0.25, 0.3) is 0 Å². The molecule has 0 aliphatic rings. The largest absolute Gasteiger partial charge is 0.495 e. The number of carbonyl (C=O) groups excluding carboxylic acids is 2. The van der Waals surface area contributed by atoms with Gasteiger partial charge in [-0.2, -0.15) is 13.2 Å². The Morgan fingerprint density at radius 3 is 2.12 bits per heavy atom. The standard InChI is InChI=1S/C15H18F3NO6/c1-6-24-14(21)8-10(22-4)9(13(20)23-5)12(25-7(2)3)19-11(8)15(16,17)18/h7H,6H2,1-5H3. The van der Waals surface area contributed by atoms with Crippen molar-refractivity contribution in [3.8, 4) is 11.6 Å². The Bertz CT molecular complexity index is 658. The van der Waals surface area contributed by atoms with Gasteiger partial charge in [-0.15, -0.1) is 0 Å². The molecular formula is C15H18F3NO6. The van der Waals surface area contributed by atoms with E-state index in [0.29, 0.717) is 0 Å². The predicted molar refractivity (Wildman–Crippen MR) is 78.9 cm³/mol. The van der Waals surface area contributed by atoms with E-state index in [-0.39, 0.29) is 6.61 Å². The minimum absolute atomic E-state index is 0.183. The normalized spacial score (nSPS) is 11.2. The average Bonchev–Trinajstić information content (AvgIpc) is 2.51. The number of nitrogens with zero attached hydrogens (tertiary/aromatic N) is 1. The minimum atomic E-state index is -5.01. The second-order valence-electron chi connectivity index (χ2n) is 4.93. The van der Waals surface area contributed by atoms with Crippen LogP contribution in [0.1, 0.15) is 47.2 Å². The first kappa shape index (κ1) is 20.5. The summed E-state index contributed by atoms with van der Waals surface area (Å²) in [5, 5.41) is 0. The van der Waals surface area contributed by atoms with Gasteiger partial charge >= 0.3 is 18.1 Å². The summed E-state index contributed by atoms with van der Waals surface area (Å²) in [5.74, 6) is -3.73. The van der Waals surface area contributed by atoms with Crippen molar-refractivity contribution in [2.75, 3.05) is 20.8 Å². The van der Waals surface area contributed by atoms with Crippen molar-refractivity contribution in [3.05, 3.63) is 16.8 Å². The van der Waals surface area contributed by atoms with Crippen LogP contribution in [-0.4, -0.2) is 43.9 Å². The zero-order chi connectivity index (χ0) is 19.4. The second-order valence-corrected chi connectivity index (χ2v) is 4.93. The van der Waals surface area contributed by atoms with Gasteiger partial charge in [0.2, 0.25) is 5.88 Å². The number of ether oxygens (including phenoxy) is 4. The number of pyridine rings is 1. The molecule has 0 bridgehead atoms. The number of esters is 2. The van der Waals surface area contributed by atoms with Gasteiger partial charge in [0.05, 0.1) is 26.9 Å². The molecule has 0 aliphatic heterocycles. The van der Waals surface area contributed by atoms with Crippen LogP contribution in [0.25, 0.3) is 0 Å². The van der Waals surface area contributed by atoms with E-state index >= 15 is 0 Å². The molecule has 1 heterocycles. The van der Waals surface area contributed by atoms with Crippen LogP contribution in [0.3, 0.4) is 0 Å². The topological polar surface area (TPSA) is 84.0 Å². The number of carbonyl (C=O) groups is 2. The van der Waals surface area contributed by atoms with Gasteiger partial charge in [-0.25, -0.2) is 14.6 Å². The van der Waals surface area contributed by atoms with E-state index in [1.807, 2.05) is 0 Å². The Morgan fingerprint density at radius 2 is 1.72 bits per heavy atom. The van der Waals surface area contributed by atoms with Crippen molar-refractivity contribution in [1.82, 2.24) is 4.98 Å². The molecule has 10 heteroatoms. The van der Waals surface area contributed by atoms with Gasteiger partial charge in [-0.05, 0) is 20.8 Å². The highest BCUT2D eigenvalue weighted by Gasteiger charge is 2.43. The molecule has 7 nitrogen and oxygen atoms in total. The molecule has 0 aromatic carbocycles. The minimum Gasteiger partial charge on any atom is -0.495 e. The van der Waals surface area contributed by atoms with Crippen LogP contribution in [0.2, 0.25) is 0 Å². The fourth-order valence-electron chi connectivity index (χ4n) is 1.94. The summed E-state index contributed by atoms with van der Waals surface area (Å²) in [5.41, 5.74) is -3.13. The number of halogens is 3. The van der Waals surface area contributed by atoms with Crippen LogP contribution in [0.5, 0.6) is 11.6 Å². The number of methoxy groups -OCH3 is 2. The Morgan fingerprint density at radius 1 is 1.12 bits per heavy atom. The van der Waals surface area contributed by atoms with Crippen LogP contribution >= 0.6 is 0 Å². The zero-order valence-corrected chi connectivity index (χ0v) is 14.3. The maximum Gasteiger partial charge on any atom is 0.434 e. The molecule has 140 valence electrons. The second kappa shape index (κ2) is 8.04. The van der Waals surface area contributed by atoms with Gasteiger partial charge in [-0.3, -0.25) is 0 Å². The van der Waals surface area contributed by atoms with E-state index in [9.17, 15) is 22.8 Å². The quantitative estimate of drug-likeness (QED) is 0.717. The lowest BCUT2D eigenvalue weighted by Crippen LogP contribution is -2.23. The van der Waals surface area contributed by atoms with Gasteiger partial charge in [0.1, 0.15) is 5.56 Å². The van der Waals surface area contributed by atoms with Crippen molar-refractivity contribution >= 4 is 11.9 Å². The van der Waals surface area contributed by atoms with Gasteiger partial charge in [0.15, 0.2) is 17.0 Å². The summed E-state index contributed by atoms with van der Waals surface area (Å²) in [7, 11) is 2.02. The molecule has 0 unspecified atom stereocenters. The van der Waals surface area contributed by atoms with Crippen LogP contribution in [-0.2, 0) is 15.7 Å². The summed E-state index contributed by atoms with van der Waals surface area (Å²) < 4.78 is 59.5.